The van der Waals surface area contributed by atoms with E-state index in [0.717, 1.165) is 0 Å². The Morgan fingerprint density at radius 2 is 1.27 bits per heavy atom. The second kappa shape index (κ2) is 7.26. The number of halogens is 1. The Morgan fingerprint density at radius 3 is 1.55 bits per heavy atom. The molecule has 0 spiro atoms. The van der Waals surface area contributed by atoms with Crippen LogP contribution in [0.2, 0.25) is 0 Å². The molecule has 0 atom stereocenters. The van der Waals surface area contributed by atoms with E-state index in [1.54, 1.807) is 0 Å². The van der Waals surface area contributed by atoms with Crippen LogP contribution in [0.15, 0.2) is 16.6 Å². The molecule has 0 saturated carbocycles. The first-order chi connectivity index (χ1) is 10.1. The van der Waals surface area contributed by atoms with Crippen molar-refractivity contribution >= 4 is 33.9 Å². The Hall–Kier alpha value is -2.09. The zero-order valence-corrected chi connectivity index (χ0v) is 14.6. The molecule has 0 aliphatic carbocycles. The summed E-state index contributed by atoms with van der Waals surface area (Å²) in [5.41, 5.74) is 0.256. The molecule has 0 saturated heterocycles. The molecule has 1 aromatic carbocycles. The van der Waals surface area contributed by atoms with Crippen molar-refractivity contribution in [3.8, 4) is 11.5 Å². The number of benzene rings is 1. The predicted molar refractivity (Wildman–Crippen MR) is 83.6 cm³/mol. The van der Waals surface area contributed by atoms with E-state index >= 15 is 0 Å². The summed E-state index contributed by atoms with van der Waals surface area (Å²) in [6.45, 7) is 1.36. The molecule has 1 aromatic rings. The normalized spacial score (nSPS) is 9.91. The number of amides is 2. The maximum absolute atomic E-state index is 11.7. The lowest BCUT2D eigenvalue weighted by Crippen LogP contribution is -2.26. The Bertz CT molecular complexity index is 570. The largest absolute Gasteiger partial charge is 0.414 e. The van der Waals surface area contributed by atoms with Crippen molar-refractivity contribution in [3.05, 3.63) is 22.2 Å². The second-order valence-corrected chi connectivity index (χ2v) is 5.66. The van der Waals surface area contributed by atoms with E-state index < -0.39 is 12.2 Å². The van der Waals surface area contributed by atoms with Crippen molar-refractivity contribution < 1.29 is 23.9 Å². The summed E-state index contributed by atoms with van der Waals surface area (Å²) in [5, 5.41) is 0. The minimum absolute atomic E-state index is 0.0907. The number of nitrogens with zero attached hydrogens (tertiary/aromatic N) is 2. The predicted octanol–water partition coefficient (Wildman–Crippen LogP) is 2.77. The van der Waals surface area contributed by atoms with E-state index in [-0.39, 0.29) is 27.3 Å². The molecule has 22 heavy (non-hydrogen) atoms. The molecule has 0 heterocycles. The minimum Gasteiger partial charge on any atom is -0.409 e. The molecular formula is C14H17BrN2O5. The fourth-order valence-corrected chi connectivity index (χ4v) is 1.69. The Labute approximate surface area is 136 Å². The van der Waals surface area contributed by atoms with Gasteiger partial charge in [-0.3, -0.25) is 4.79 Å². The van der Waals surface area contributed by atoms with Crippen LogP contribution in [0.1, 0.15) is 17.3 Å². The highest BCUT2D eigenvalue weighted by atomic mass is 79.9. The fourth-order valence-electron chi connectivity index (χ4n) is 1.29. The van der Waals surface area contributed by atoms with E-state index in [2.05, 4.69) is 15.9 Å². The summed E-state index contributed by atoms with van der Waals surface area (Å²) in [6, 6.07) is 2.81. The van der Waals surface area contributed by atoms with Crippen LogP contribution >= 0.6 is 15.9 Å². The standard InChI is InChI=1S/C14H17BrN2O5/c1-8(18)9-6-10(21-13(19)16(2)3)12(15)11(7-9)22-14(20)17(4)5/h6-7H,1-5H3. The van der Waals surface area contributed by atoms with Gasteiger partial charge in [-0.05, 0) is 35.0 Å². The second-order valence-electron chi connectivity index (χ2n) is 4.87. The average molecular weight is 373 g/mol. The third-order valence-electron chi connectivity index (χ3n) is 2.54. The van der Waals surface area contributed by atoms with Crippen LogP contribution in [0, 0.1) is 0 Å². The van der Waals surface area contributed by atoms with Crippen LogP contribution in [0.25, 0.3) is 0 Å². The van der Waals surface area contributed by atoms with Crippen LogP contribution < -0.4 is 9.47 Å². The molecular weight excluding hydrogens is 356 g/mol. The maximum atomic E-state index is 11.7. The van der Waals surface area contributed by atoms with Crippen molar-refractivity contribution in [2.75, 3.05) is 28.2 Å². The Morgan fingerprint density at radius 1 is 0.909 bits per heavy atom. The lowest BCUT2D eigenvalue weighted by molar-refractivity contribution is 0.101. The molecule has 8 heteroatoms. The van der Waals surface area contributed by atoms with E-state index in [0.29, 0.717) is 0 Å². The molecule has 0 unspecified atom stereocenters. The Kier molecular flexibility index (Phi) is 5.92. The molecule has 0 bridgehead atoms. The van der Waals surface area contributed by atoms with Gasteiger partial charge in [0.25, 0.3) is 0 Å². The van der Waals surface area contributed by atoms with Gasteiger partial charge < -0.3 is 19.3 Å². The number of ether oxygens (including phenoxy) is 2. The van der Waals surface area contributed by atoms with Crippen LogP contribution in [0.4, 0.5) is 9.59 Å². The van der Waals surface area contributed by atoms with Crippen molar-refractivity contribution in [3.63, 3.8) is 0 Å². The topological polar surface area (TPSA) is 76.1 Å². The highest BCUT2D eigenvalue weighted by Gasteiger charge is 2.19. The summed E-state index contributed by atoms with van der Waals surface area (Å²) >= 11 is 3.22. The zero-order valence-electron chi connectivity index (χ0n) is 13.0. The number of hydrogen-bond donors (Lipinski definition) is 0. The molecule has 0 aromatic heterocycles. The third-order valence-corrected chi connectivity index (χ3v) is 3.32. The highest BCUT2D eigenvalue weighted by molar-refractivity contribution is 9.10. The number of hydrogen-bond acceptors (Lipinski definition) is 5. The van der Waals surface area contributed by atoms with Gasteiger partial charge in [0.2, 0.25) is 0 Å². The SMILES string of the molecule is CC(=O)c1cc(OC(=O)N(C)C)c(Br)c(OC(=O)N(C)C)c1. The lowest BCUT2D eigenvalue weighted by atomic mass is 10.1. The summed E-state index contributed by atoms with van der Waals surface area (Å²) in [5.74, 6) is -0.0716. The molecule has 0 N–H and O–H groups in total. The number of carbonyl (C=O) groups is 3. The van der Waals surface area contributed by atoms with E-state index in [9.17, 15) is 14.4 Å². The molecule has 2 amide bonds. The number of carbonyl (C=O) groups excluding carboxylic acids is 3. The quantitative estimate of drug-likeness (QED) is 0.762. The summed E-state index contributed by atoms with van der Waals surface area (Å²) in [4.78, 5) is 37.4. The van der Waals surface area contributed by atoms with E-state index in [4.69, 9.17) is 9.47 Å². The van der Waals surface area contributed by atoms with Crippen molar-refractivity contribution in [1.82, 2.24) is 9.80 Å². The van der Waals surface area contributed by atoms with Gasteiger partial charge in [0, 0.05) is 33.8 Å². The Balaban J connectivity index is 3.26. The van der Waals surface area contributed by atoms with E-state index in [1.165, 1.54) is 57.0 Å². The van der Waals surface area contributed by atoms with Crippen molar-refractivity contribution in [2.45, 2.75) is 6.92 Å². The molecule has 0 aliphatic rings. The monoisotopic (exact) mass is 372 g/mol. The fraction of sp³-hybridized carbons (Fsp3) is 0.357. The third kappa shape index (κ3) is 4.45. The van der Waals surface area contributed by atoms with Gasteiger partial charge in [-0.2, -0.15) is 0 Å². The average Bonchev–Trinajstić information content (AvgIpc) is 2.42. The van der Waals surface area contributed by atoms with Crippen LogP contribution in [-0.4, -0.2) is 56.0 Å². The van der Waals surface area contributed by atoms with Gasteiger partial charge in [0.05, 0.1) is 0 Å². The van der Waals surface area contributed by atoms with Crippen LogP contribution in [0.5, 0.6) is 11.5 Å². The van der Waals surface area contributed by atoms with Gasteiger partial charge in [-0.15, -0.1) is 0 Å². The summed E-state index contributed by atoms with van der Waals surface area (Å²) in [6.07, 6.45) is -1.24. The molecule has 120 valence electrons. The van der Waals surface area contributed by atoms with Gasteiger partial charge in [0.1, 0.15) is 4.47 Å². The molecule has 7 nitrogen and oxygen atoms in total. The summed E-state index contributed by atoms with van der Waals surface area (Å²) < 4.78 is 10.6. The van der Waals surface area contributed by atoms with Gasteiger partial charge in [-0.25, -0.2) is 9.59 Å². The summed E-state index contributed by atoms with van der Waals surface area (Å²) in [7, 11) is 6.10. The van der Waals surface area contributed by atoms with Crippen LogP contribution in [-0.2, 0) is 0 Å². The maximum Gasteiger partial charge on any atom is 0.414 e. The molecule has 0 aliphatic heterocycles. The first-order valence-electron chi connectivity index (χ1n) is 6.26. The molecule has 1 rings (SSSR count). The van der Waals surface area contributed by atoms with Gasteiger partial charge >= 0.3 is 12.2 Å². The van der Waals surface area contributed by atoms with Gasteiger partial charge in [-0.1, -0.05) is 0 Å². The zero-order chi connectivity index (χ0) is 17.0. The number of rotatable bonds is 3. The van der Waals surface area contributed by atoms with Crippen molar-refractivity contribution in [1.29, 1.82) is 0 Å². The van der Waals surface area contributed by atoms with Crippen molar-refractivity contribution in [2.24, 2.45) is 0 Å². The first kappa shape index (κ1) is 18.0. The first-order valence-corrected chi connectivity index (χ1v) is 7.05. The highest BCUT2D eigenvalue weighted by Crippen LogP contribution is 2.36. The van der Waals surface area contributed by atoms with E-state index in [1.807, 2.05) is 0 Å². The van der Waals surface area contributed by atoms with Crippen LogP contribution in [0.3, 0.4) is 0 Å². The molecule has 0 fully saturated rings. The minimum atomic E-state index is -0.619. The lowest BCUT2D eigenvalue weighted by Gasteiger charge is -2.16. The number of ketones is 1. The van der Waals surface area contributed by atoms with Gasteiger partial charge in [0.15, 0.2) is 17.3 Å². The molecule has 0 radical (unpaired) electrons. The number of Topliss-reactive ketones (excluding diaryl/α,β-unsaturated/α-hetero) is 1. The smallest absolute Gasteiger partial charge is 0.409 e.